The lowest BCUT2D eigenvalue weighted by molar-refractivity contribution is 0.102. The summed E-state index contributed by atoms with van der Waals surface area (Å²) in [5.74, 6) is 0.586. The lowest BCUT2D eigenvalue weighted by atomic mass is 10.1. The summed E-state index contributed by atoms with van der Waals surface area (Å²) in [5, 5.41) is 6.29. The maximum absolute atomic E-state index is 12.4. The molecule has 1 atom stereocenters. The van der Waals surface area contributed by atoms with Gasteiger partial charge in [0.1, 0.15) is 5.82 Å². The minimum absolute atomic E-state index is 0.0178. The van der Waals surface area contributed by atoms with Gasteiger partial charge in [0.25, 0.3) is 5.91 Å². The van der Waals surface area contributed by atoms with Crippen LogP contribution in [-0.2, 0) is 0 Å². The molecule has 0 fully saturated rings. The van der Waals surface area contributed by atoms with Gasteiger partial charge in [-0.05, 0) is 62.2 Å². The Bertz CT molecular complexity index is 912. The Labute approximate surface area is 166 Å². The van der Waals surface area contributed by atoms with Crippen LogP contribution >= 0.6 is 0 Å². The van der Waals surface area contributed by atoms with Crippen molar-refractivity contribution in [1.82, 2.24) is 10.3 Å². The van der Waals surface area contributed by atoms with Crippen molar-refractivity contribution < 1.29 is 4.79 Å². The number of nitrogens with one attached hydrogen (secondary N) is 2. The monoisotopic (exact) mass is 374 g/mol. The van der Waals surface area contributed by atoms with Gasteiger partial charge in [-0.1, -0.05) is 30.9 Å². The van der Waals surface area contributed by atoms with Crippen LogP contribution in [0.2, 0.25) is 0 Å². The highest BCUT2D eigenvalue weighted by molar-refractivity contribution is 6.04. The Balaban J connectivity index is 2.07. The van der Waals surface area contributed by atoms with Crippen LogP contribution in [0, 0.1) is 6.92 Å². The third-order valence-corrected chi connectivity index (χ3v) is 3.97. The molecular formula is C23H26N4O. The van der Waals surface area contributed by atoms with Crippen LogP contribution in [-0.4, -0.2) is 17.1 Å². The highest BCUT2D eigenvalue weighted by Gasteiger charge is 2.10. The van der Waals surface area contributed by atoms with Crippen LogP contribution in [0.5, 0.6) is 0 Å². The topological polar surface area (TPSA) is 66.4 Å². The van der Waals surface area contributed by atoms with Gasteiger partial charge in [-0.25, -0.2) is 4.99 Å². The lowest BCUT2D eigenvalue weighted by Crippen LogP contribution is -2.18. The Kier molecular flexibility index (Phi) is 7.91. The second kappa shape index (κ2) is 10.6. The van der Waals surface area contributed by atoms with Crippen molar-refractivity contribution in [3.05, 3.63) is 96.1 Å². The molecule has 5 heteroatoms. The van der Waals surface area contributed by atoms with E-state index in [2.05, 4.69) is 27.2 Å². The molecule has 28 heavy (non-hydrogen) atoms. The number of aliphatic imine (C=N–C) groups is 1. The SMILES string of the molecule is C=C/C=C/C=N\C(=C/C)N[C@@H](C)c1cccc(NC(=O)c2cncc(C)c2)c1. The maximum Gasteiger partial charge on any atom is 0.257 e. The van der Waals surface area contributed by atoms with E-state index in [0.717, 1.165) is 22.6 Å². The molecule has 1 aromatic heterocycles. The second-order valence-corrected chi connectivity index (χ2v) is 6.27. The average Bonchev–Trinajstić information content (AvgIpc) is 2.70. The summed E-state index contributed by atoms with van der Waals surface area (Å²) in [6, 6.07) is 9.58. The first kappa shape index (κ1) is 20.8. The Morgan fingerprint density at radius 1 is 1.25 bits per heavy atom. The van der Waals surface area contributed by atoms with Crippen molar-refractivity contribution in [3.8, 4) is 0 Å². The van der Waals surface area contributed by atoms with Gasteiger partial charge in [-0.15, -0.1) is 0 Å². The summed E-state index contributed by atoms with van der Waals surface area (Å²) in [7, 11) is 0. The zero-order valence-corrected chi connectivity index (χ0v) is 16.5. The molecule has 0 aliphatic rings. The van der Waals surface area contributed by atoms with E-state index >= 15 is 0 Å². The molecule has 0 radical (unpaired) electrons. The second-order valence-electron chi connectivity index (χ2n) is 6.27. The van der Waals surface area contributed by atoms with Crippen LogP contribution in [0.1, 0.15) is 41.4 Å². The number of aromatic nitrogens is 1. The minimum atomic E-state index is -0.179. The highest BCUT2D eigenvalue weighted by atomic mass is 16.1. The van der Waals surface area contributed by atoms with Crippen LogP contribution in [0.25, 0.3) is 0 Å². The zero-order valence-electron chi connectivity index (χ0n) is 16.5. The van der Waals surface area contributed by atoms with E-state index in [-0.39, 0.29) is 11.9 Å². The van der Waals surface area contributed by atoms with E-state index in [1.165, 1.54) is 0 Å². The van der Waals surface area contributed by atoms with Gasteiger partial charge in [-0.2, -0.15) is 0 Å². The summed E-state index contributed by atoms with van der Waals surface area (Å²) in [4.78, 5) is 20.9. The molecule has 0 aliphatic heterocycles. The summed E-state index contributed by atoms with van der Waals surface area (Å²) in [6.07, 6.45) is 12.2. The number of anilines is 1. The number of hydrogen-bond donors (Lipinski definition) is 2. The molecule has 1 amide bonds. The third kappa shape index (κ3) is 6.36. The van der Waals surface area contributed by atoms with E-state index in [9.17, 15) is 4.79 Å². The van der Waals surface area contributed by atoms with Crippen molar-refractivity contribution in [2.24, 2.45) is 4.99 Å². The Hall–Kier alpha value is -3.47. The van der Waals surface area contributed by atoms with E-state index in [4.69, 9.17) is 0 Å². The van der Waals surface area contributed by atoms with Gasteiger partial charge in [0, 0.05) is 24.3 Å². The predicted molar refractivity (Wildman–Crippen MR) is 117 cm³/mol. The fourth-order valence-corrected chi connectivity index (χ4v) is 2.52. The van der Waals surface area contributed by atoms with E-state index in [1.807, 2.05) is 69.3 Å². The summed E-state index contributed by atoms with van der Waals surface area (Å²) in [6.45, 7) is 9.51. The number of aryl methyl sites for hydroxylation is 1. The van der Waals surface area contributed by atoms with E-state index < -0.39 is 0 Å². The molecule has 0 spiro atoms. The van der Waals surface area contributed by atoms with Gasteiger partial charge >= 0.3 is 0 Å². The number of carbonyl (C=O) groups excluding carboxylic acids is 1. The van der Waals surface area contributed by atoms with Gasteiger partial charge in [-0.3, -0.25) is 9.78 Å². The van der Waals surface area contributed by atoms with Crippen molar-refractivity contribution >= 4 is 17.8 Å². The quantitative estimate of drug-likeness (QED) is 0.506. The number of nitrogens with zero attached hydrogens (tertiary/aromatic N) is 2. The fourth-order valence-electron chi connectivity index (χ4n) is 2.52. The van der Waals surface area contributed by atoms with E-state index in [0.29, 0.717) is 5.56 Å². The number of pyridine rings is 1. The van der Waals surface area contributed by atoms with Crippen LogP contribution < -0.4 is 10.6 Å². The molecule has 0 aliphatic carbocycles. The molecule has 0 bridgehead atoms. The zero-order chi connectivity index (χ0) is 20.4. The summed E-state index contributed by atoms with van der Waals surface area (Å²) >= 11 is 0. The van der Waals surface area contributed by atoms with Crippen LogP contribution in [0.3, 0.4) is 0 Å². The number of benzene rings is 1. The van der Waals surface area contributed by atoms with Gasteiger partial charge in [0.15, 0.2) is 0 Å². The Morgan fingerprint density at radius 2 is 2.07 bits per heavy atom. The normalized spacial score (nSPS) is 12.9. The summed E-state index contributed by atoms with van der Waals surface area (Å²) < 4.78 is 0. The van der Waals surface area contributed by atoms with Crippen molar-refractivity contribution in [3.63, 3.8) is 0 Å². The van der Waals surface area contributed by atoms with Crippen molar-refractivity contribution in [1.29, 1.82) is 0 Å². The molecule has 5 nitrogen and oxygen atoms in total. The van der Waals surface area contributed by atoms with Crippen molar-refractivity contribution in [2.75, 3.05) is 5.32 Å². The minimum Gasteiger partial charge on any atom is -0.364 e. The van der Waals surface area contributed by atoms with Gasteiger partial charge < -0.3 is 10.6 Å². The molecule has 2 N–H and O–H groups in total. The third-order valence-electron chi connectivity index (χ3n) is 3.97. The molecule has 0 saturated carbocycles. The molecule has 2 aromatic rings. The molecule has 144 valence electrons. The molecule has 1 aromatic carbocycles. The largest absolute Gasteiger partial charge is 0.364 e. The highest BCUT2D eigenvalue weighted by Crippen LogP contribution is 2.19. The van der Waals surface area contributed by atoms with Crippen molar-refractivity contribution in [2.45, 2.75) is 26.8 Å². The smallest absolute Gasteiger partial charge is 0.257 e. The van der Waals surface area contributed by atoms with E-state index in [1.54, 1.807) is 24.7 Å². The maximum atomic E-state index is 12.4. The number of hydrogen-bond acceptors (Lipinski definition) is 4. The van der Waals surface area contributed by atoms with Crippen LogP contribution in [0.4, 0.5) is 5.69 Å². The molecular weight excluding hydrogens is 348 g/mol. The standard InChI is InChI=1S/C23H26N4O/c1-5-7-8-12-25-22(6-2)26-18(4)19-10-9-11-21(14-19)27-23(28)20-13-17(3)15-24-16-20/h5-16,18,26H,1H2,2-4H3,(H,27,28)/b8-7+,22-6+,25-12-/t18-/m0/s1. The average molecular weight is 374 g/mol. The first-order chi connectivity index (χ1) is 13.5. The van der Waals surface area contributed by atoms with Gasteiger partial charge in [0.2, 0.25) is 0 Å². The first-order valence-electron chi connectivity index (χ1n) is 9.11. The number of carbonyl (C=O) groups is 1. The molecule has 1 heterocycles. The molecule has 0 saturated heterocycles. The summed E-state index contributed by atoms with van der Waals surface area (Å²) in [5.41, 5.74) is 3.25. The predicted octanol–water partition coefficient (Wildman–Crippen LogP) is 4.97. The number of amides is 1. The Morgan fingerprint density at radius 3 is 2.79 bits per heavy atom. The number of allylic oxidation sites excluding steroid dienone is 4. The first-order valence-corrected chi connectivity index (χ1v) is 9.11. The van der Waals surface area contributed by atoms with Gasteiger partial charge in [0.05, 0.1) is 11.6 Å². The van der Waals surface area contributed by atoms with Crippen LogP contribution in [0.15, 0.2) is 84.4 Å². The number of rotatable bonds is 8. The fraction of sp³-hybridized carbons (Fsp3) is 0.174. The molecule has 0 unspecified atom stereocenters. The lowest BCUT2D eigenvalue weighted by Gasteiger charge is -2.17. The molecule has 2 rings (SSSR count).